The van der Waals surface area contributed by atoms with Gasteiger partial charge < -0.3 is 4.74 Å². The first kappa shape index (κ1) is 14.4. The van der Waals surface area contributed by atoms with Gasteiger partial charge in [0.05, 0.1) is 6.21 Å². The van der Waals surface area contributed by atoms with E-state index in [1.807, 2.05) is 36.5 Å². The van der Waals surface area contributed by atoms with Gasteiger partial charge in [-0.25, -0.2) is 0 Å². The van der Waals surface area contributed by atoms with Crippen LogP contribution in [0.2, 0.25) is 0 Å². The second-order valence-corrected chi connectivity index (χ2v) is 5.27. The predicted octanol–water partition coefficient (Wildman–Crippen LogP) is 3.19. The molecule has 4 nitrogen and oxygen atoms in total. The minimum atomic E-state index is 0.0796. The van der Waals surface area contributed by atoms with E-state index in [1.54, 1.807) is 0 Å². The Morgan fingerprint density at radius 1 is 1.30 bits per heavy atom. The van der Waals surface area contributed by atoms with E-state index in [-0.39, 0.29) is 6.61 Å². The van der Waals surface area contributed by atoms with E-state index in [9.17, 15) is 0 Å². The molecule has 0 radical (unpaired) electrons. The van der Waals surface area contributed by atoms with Crippen molar-refractivity contribution in [1.29, 1.82) is 5.26 Å². The molecule has 0 bridgehead atoms. The van der Waals surface area contributed by atoms with Gasteiger partial charge in [0.1, 0.15) is 11.8 Å². The van der Waals surface area contributed by atoms with Crippen LogP contribution in [0.25, 0.3) is 0 Å². The molecule has 0 spiro atoms. The second kappa shape index (κ2) is 6.95. The Bertz CT molecular complexity index is 479. The highest BCUT2D eigenvalue weighted by Gasteiger charge is 2.22. The summed E-state index contributed by atoms with van der Waals surface area (Å²) in [6.07, 6.45) is 5.61. The normalized spacial score (nSPS) is 22.8. The molecule has 0 saturated carbocycles. The van der Waals surface area contributed by atoms with Crippen molar-refractivity contribution in [2.75, 3.05) is 6.61 Å². The number of nitriles is 1. The average Bonchev–Trinajstić information content (AvgIpc) is 2.46. The van der Waals surface area contributed by atoms with Crippen LogP contribution in [0.5, 0.6) is 5.75 Å². The van der Waals surface area contributed by atoms with Crippen LogP contribution in [-0.4, -0.2) is 29.9 Å². The number of hydrazone groups is 1. The molecule has 0 amide bonds. The number of piperidine rings is 1. The fourth-order valence-corrected chi connectivity index (χ4v) is 2.53. The Morgan fingerprint density at radius 3 is 2.55 bits per heavy atom. The fraction of sp³-hybridized carbons (Fsp3) is 0.500. The number of rotatable bonds is 4. The van der Waals surface area contributed by atoms with Gasteiger partial charge in [0.2, 0.25) is 0 Å². The lowest BCUT2D eigenvalue weighted by molar-refractivity contribution is 0.109. The van der Waals surface area contributed by atoms with Gasteiger partial charge in [-0.3, -0.25) is 5.01 Å². The molecule has 1 aliphatic rings. The zero-order valence-corrected chi connectivity index (χ0v) is 12.1. The number of ether oxygens (including phenoxy) is 1. The molecular weight excluding hydrogens is 250 g/mol. The van der Waals surface area contributed by atoms with Crippen LogP contribution in [-0.2, 0) is 0 Å². The summed E-state index contributed by atoms with van der Waals surface area (Å²) in [5, 5.41) is 15.3. The van der Waals surface area contributed by atoms with Crippen molar-refractivity contribution in [3.63, 3.8) is 0 Å². The number of nitrogens with zero attached hydrogens (tertiary/aromatic N) is 3. The predicted molar refractivity (Wildman–Crippen MR) is 79.8 cm³/mol. The lowest BCUT2D eigenvalue weighted by atomic mass is 10.00. The maximum atomic E-state index is 8.46. The van der Waals surface area contributed by atoms with Crippen molar-refractivity contribution in [3.05, 3.63) is 29.8 Å². The summed E-state index contributed by atoms with van der Waals surface area (Å²) in [7, 11) is 0. The van der Waals surface area contributed by atoms with Crippen molar-refractivity contribution >= 4 is 6.21 Å². The minimum Gasteiger partial charge on any atom is -0.479 e. The van der Waals surface area contributed by atoms with Crippen LogP contribution in [0, 0.1) is 11.3 Å². The van der Waals surface area contributed by atoms with Crippen LogP contribution in [0.15, 0.2) is 29.4 Å². The maximum absolute atomic E-state index is 8.46. The number of hydrogen-bond donors (Lipinski definition) is 0. The zero-order chi connectivity index (χ0) is 14.4. The first-order valence-corrected chi connectivity index (χ1v) is 7.13. The Hall–Kier alpha value is -2.02. The molecule has 2 rings (SSSR count). The molecule has 1 aromatic carbocycles. The van der Waals surface area contributed by atoms with E-state index in [1.165, 1.54) is 19.3 Å². The van der Waals surface area contributed by atoms with Crippen molar-refractivity contribution < 1.29 is 4.74 Å². The molecule has 1 aliphatic heterocycles. The van der Waals surface area contributed by atoms with Crippen LogP contribution < -0.4 is 4.74 Å². The van der Waals surface area contributed by atoms with Crippen molar-refractivity contribution in [3.8, 4) is 11.8 Å². The molecular formula is C16H21N3O. The third-order valence-corrected chi connectivity index (χ3v) is 3.67. The van der Waals surface area contributed by atoms with Gasteiger partial charge in [-0.05, 0) is 62.9 Å². The van der Waals surface area contributed by atoms with Gasteiger partial charge in [-0.1, -0.05) is 0 Å². The molecule has 1 heterocycles. The van der Waals surface area contributed by atoms with E-state index in [4.69, 9.17) is 10.00 Å². The lowest BCUT2D eigenvalue weighted by Gasteiger charge is -2.36. The number of benzene rings is 1. The van der Waals surface area contributed by atoms with Gasteiger partial charge >= 0.3 is 0 Å². The van der Waals surface area contributed by atoms with Gasteiger partial charge in [0.25, 0.3) is 0 Å². The minimum absolute atomic E-state index is 0.0796. The highest BCUT2D eigenvalue weighted by Crippen LogP contribution is 2.22. The molecule has 20 heavy (non-hydrogen) atoms. The molecule has 1 fully saturated rings. The molecule has 0 aromatic heterocycles. The summed E-state index contributed by atoms with van der Waals surface area (Å²) < 4.78 is 5.22. The molecule has 0 N–H and O–H groups in total. The summed E-state index contributed by atoms with van der Waals surface area (Å²) in [5.74, 6) is 0.711. The largest absolute Gasteiger partial charge is 0.479 e. The molecule has 1 saturated heterocycles. The highest BCUT2D eigenvalue weighted by molar-refractivity contribution is 5.79. The maximum Gasteiger partial charge on any atom is 0.174 e. The molecule has 106 valence electrons. The lowest BCUT2D eigenvalue weighted by Crippen LogP contribution is -2.39. The summed E-state index contributed by atoms with van der Waals surface area (Å²) in [6, 6.07) is 10.6. The molecule has 1 aromatic rings. The topological polar surface area (TPSA) is 48.6 Å². The third-order valence-electron chi connectivity index (χ3n) is 3.67. The van der Waals surface area contributed by atoms with E-state index < -0.39 is 0 Å². The smallest absolute Gasteiger partial charge is 0.174 e. The van der Waals surface area contributed by atoms with Gasteiger partial charge in [-0.2, -0.15) is 10.4 Å². The van der Waals surface area contributed by atoms with Crippen LogP contribution in [0.3, 0.4) is 0 Å². The average molecular weight is 271 g/mol. The molecule has 4 heteroatoms. The first-order chi connectivity index (χ1) is 9.70. The van der Waals surface area contributed by atoms with Gasteiger partial charge in [0, 0.05) is 12.1 Å². The quantitative estimate of drug-likeness (QED) is 0.790. The Labute approximate surface area is 120 Å². The van der Waals surface area contributed by atoms with Gasteiger partial charge in [-0.15, -0.1) is 0 Å². The summed E-state index contributed by atoms with van der Waals surface area (Å²) in [4.78, 5) is 0. The fourth-order valence-electron chi connectivity index (χ4n) is 2.53. The highest BCUT2D eigenvalue weighted by atomic mass is 16.5. The third kappa shape index (κ3) is 3.74. The number of hydrogen-bond acceptors (Lipinski definition) is 4. The summed E-state index contributed by atoms with van der Waals surface area (Å²) in [5.41, 5.74) is 1.04. The van der Waals surface area contributed by atoms with Crippen LogP contribution >= 0.6 is 0 Å². The van der Waals surface area contributed by atoms with Crippen LogP contribution in [0.1, 0.15) is 38.7 Å². The molecule has 2 atom stereocenters. The van der Waals surface area contributed by atoms with E-state index in [2.05, 4.69) is 24.0 Å². The van der Waals surface area contributed by atoms with Crippen molar-refractivity contribution in [1.82, 2.24) is 5.01 Å². The Balaban J connectivity index is 1.98. The Kier molecular flexibility index (Phi) is 5.00. The second-order valence-electron chi connectivity index (χ2n) is 5.27. The summed E-state index contributed by atoms with van der Waals surface area (Å²) >= 11 is 0. The molecule has 0 unspecified atom stereocenters. The van der Waals surface area contributed by atoms with Crippen LogP contribution in [0.4, 0.5) is 0 Å². The standard InChI is InChI=1S/C16H21N3O/c1-13-4-3-5-14(2)19(13)18-12-15-6-8-16(9-7-15)20-11-10-17/h6-9,12-14H,3-5,11H2,1-2H3/b18-12-/t13-,14-/m0/s1. The van der Waals surface area contributed by atoms with E-state index in [0.717, 1.165) is 5.56 Å². The monoisotopic (exact) mass is 271 g/mol. The SMILES string of the molecule is C[C@H]1CCC[C@H](C)N1/N=C\c1ccc(OCC#N)cc1. The van der Waals surface area contributed by atoms with E-state index in [0.29, 0.717) is 17.8 Å². The molecule has 0 aliphatic carbocycles. The summed E-state index contributed by atoms with van der Waals surface area (Å²) in [6.45, 7) is 4.54. The van der Waals surface area contributed by atoms with Crippen molar-refractivity contribution in [2.45, 2.75) is 45.2 Å². The van der Waals surface area contributed by atoms with Crippen molar-refractivity contribution in [2.24, 2.45) is 5.10 Å². The first-order valence-electron chi connectivity index (χ1n) is 7.13. The Morgan fingerprint density at radius 2 is 1.95 bits per heavy atom. The zero-order valence-electron chi connectivity index (χ0n) is 12.1. The van der Waals surface area contributed by atoms with E-state index >= 15 is 0 Å². The van der Waals surface area contributed by atoms with Gasteiger partial charge in [0.15, 0.2) is 6.61 Å².